The number of aliphatic hydroxyl groups is 2. The molecule has 0 radical (unpaired) electrons. The molecule has 7 nitrogen and oxygen atoms in total. The highest BCUT2D eigenvalue weighted by Gasteiger charge is 2.44. The molecule has 1 aromatic rings. The Hall–Kier alpha value is -0.860. The van der Waals surface area contributed by atoms with E-state index in [2.05, 4.69) is 18.9 Å². The molecule has 1 atom stereocenters. The van der Waals surface area contributed by atoms with Gasteiger partial charge in [0.2, 0.25) is 0 Å². The summed E-state index contributed by atoms with van der Waals surface area (Å²) < 4.78 is 75.4. The highest BCUT2D eigenvalue weighted by molar-refractivity contribution is 7.09. The number of ether oxygens (including phenoxy) is 5. The number of alkyl halides is 4. The van der Waals surface area contributed by atoms with Gasteiger partial charge in [-0.2, -0.15) is 17.6 Å². The summed E-state index contributed by atoms with van der Waals surface area (Å²) in [5, 5.41) is 19.9. The number of thiophene rings is 1. The standard InChI is InChI=1S/C16H24F4O7S/c17-15(18,27-16(19,20)11-26-12-24-6-4-21)10-25-9-13(22)8-23-5-3-14-2-1-7-28-14/h1-2,7,13,21-22H,3-6,8-12H2. The smallest absolute Gasteiger partial charge is 0.383 e. The van der Waals surface area contributed by atoms with Gasteiger partial charge in [0.15, 0.2) is 0 Å². The van der Waals surface area contributed by atoms with Gasteiger partial charge in [-0.25, -0.2) is 0 Å². The van der Waals surface area contributed by atoms with E-state index in [9.17, 15) is 22.7 Å². The number of rotatable bonds is 17. The fourth-order valence-corrected chi connectivity index (χ4v) is 2.52. The van der Waals surface area contributed by atoms with Gasteiger partial charge in [0, 0.05) is 11.3 Å². The topological polar surface area (TPSA) is 86.6 Å². The van der Waals surface area contributed by atoms with Gasteiger partial charge in [-0.1, -0.05) is 6.07 Å². The average Bonchev–Trinajstić information content (AvgIpc) is 3.10. The van der Waals surface area contributed by atoms with Crippen molar-refractivity contribution >= 4 is 11.3 Å². The van der Waals surface area contributed by atoms with Crippen LogP contribution in [-0.2, 0) is 30.1 Å². The lowest BCUT2D eigenvalue weighted by atomic mass is 10.3. The van der Waals surface area contributed by atoms with E-state index in [1.165, 1.54) is 0 Å². The third kappa shape index (κ3) is 12.6. The molecular formula is C16H24F4O7S. The second-order valence-corrected chi connectivity index (χ2v) is 6.58. The maximum atomic E-state index is 13.4. The molecule has 12 heteroatoms. The first-order valence-electron chi connectivity index (χ1n) is 8.32. The maximum Gasteiger partial charge on any atom is 0.383 e. The third-order valence-corrected chi connectivity index (χ3v) is 3.87. The summed E-state index contributed by atoms with van der Waals surface area (Å²) in [6.45, 7) is -4.37. The van der Waals surface area contributed by atoms with Crippen LogP contribution in [0.4, 0.5) is 17.6 Å². The van der Waals surface area contributed by atoms with Crippen molar-refractivity contribution in [3.05, 3.63) is 22.4 Å². The Bertz CT molecular complexity index is 505. The first kappa shape index (κ1) is 25.2. The molecule has 1 heterocycles. The maximum absolute atomic E-state index is 13.4. The molecule has 28 heavy (non-hydrogen) atoms. The molecule has 0 bridgehead atoms. The molecule has 1 aromatic heterocycles. The molecule has 2 N–H and O–H groups in total. The van der Waals surface area contributed by atoms with Gasteiger partial charge < -0.3 is 29.2 Å². The Morgan fingerprint density at radius 1 is 0.964 bits per heavy atom. The molecule has 0 spiro atoms. The van der Waals surface area contributed by atoms with Gasteiger partial charge >= 0.3 is 12.2 Å². The Balaban J connectivity index is 2.13. The number of halogens is 4. The molecule has 0 fully saturated rings. The molecular weight excluding hydrogens is 412 g/mol. The van der Waals surface area contributed by atoms with Gasteiger partial charge in [0.25, 0.3) is 0 Å². The van der Waals surface area contributed by atoms with Crippen LogP contribution in [0.2, 0.25) is 0 Å². The van der Waals surface area contributed by atoms with Crippen LogP contribution in [0.5, 0.6) is 0 Å². The van der Waals surface area contributed by atoms with Crippen LogP contribution in [-0.4, -0.2) is 81.6 Å². The first-order chi connectivity index (χ1) is 13.2. The lowest BCUT2D eigenvalue weighted by molar-refractivity contribution is -0.396. The monoisotopic (exact) mass is 436 g/mol. The van der Waals surface area contributed by atoms with Crippen LogP contribution in [0.3, 0.4) is 0 Å². The lowest BCUT2D eigenvalue weighted by Crippen LogP contribution is -2.40. The van der Waals surface area contributed by atoms with E-state index in [-0.39, 0.29) is 19.8 Å². The van der Waals surface area contributed by atoms with Crippen molar-refractivity contribution in [1.29, 1.82) is 0 Å². The van der Waals surface area contributed by atoms with Gasteiger partial charge in [0.1, 0.15) is 26.1 Å². The second kappa shape index (κ2) is 13.4. The summed E-state index contributed by atoms with van der Waals surface area (Å²) >= 11 is 1.56. The van der Waals surface area contributed by atoms with Gasteiger partial charge in [-0.3, -0.25) is 4.74 Å². The zero-order valence-corrected chi connectivity index (χ0v) is 15.8. The summed E-state index contributed by atoms with van der Waals surface area (Å²) in [4.78, 5) is 1.10. The summed E-state index contributed by atoms with van der Waals surface area (Å²) in [6, 6.07) is 3.82. The molecule has 164 valence electrons. The van der Waals surface area contributed by atoms with Crippen LogP contribution in [0.1, 0.15) is 4.88 Å². The number of hydrogen-bond acceptors (Lipinski definition) is 8. The highest BCUT2D eigenvalue weighted by atomic mass is 32.1. The number of hydrogen-bond donors (Lipinski definition) is 2. The molecule has 1 unspecified atom stereocenters. The molecule has 0 saturated heterocycles. The second-order valence-electron chi connectivity index (χ2n) is 5.55. The number of aliphatic hydroxyl groups excluding tert-OH is 2. The van der Waals surface area contributed by atoms with Crippen molar-refractivity contribution in [1.82, 2.24) is 0 Å². The van der Waals surface area contributed by atoms with E-state index in [0.717, 1.165) is 4.88 Å². The summed E-state index contributed by atoms with van der Waals surface area (Å²) in [6.07, 6.45) is -9.11. The Labute approximate surface area is 163 Å². The third-order valence-electron chi connectivity index (χ3n) is 2.93. The van der Waals surface area contributed by atoms with Crippen molar-refractivity contribution in [2.75, 3.05) is 53.0 Å². The van der Waals surface area contributed by atoms with Crippen molar-refractivity contribution in [2.24, 2.45) is 0 Å². The van der Waals surface area contributed by atoms with E-state index < -0.39 is 44.9 Å². The van der Waals surface area contributed by atoms with E-state index in [0.29, 0.717) is 13.0 Å². The van der Waals surface area contributed by atoms with Gasteiger partial charge in [-0.05, 0) is 11.4 Å². The normalized spacial score (nSPS) is 13.8. The lowest BCUT2D eigenvalue weighted by Gasteiger charge is -2.24. The molecule has 0 saturated carbocycles. The van der Waals surface area contributed by atoms with Crippen LogP contribution in [0.25, 0.3) is 0 Å². The Morgan fingerprint density at radius 3 is 2.29 bits per heavy atom. The predicted molar refractivity (Wildman–Crippen MR) is 90.5 cm³/mol. The van der Waals surface area contributed by atoms with Crippen molar-refractivity contribution in [3.63, 3.8) is 0 Å². The molecule has 0 aliphatic carbocycles. The van der Waals surface area contributed by atoms with Gasteiger partial charge in [0.05, 0.1) is 33.0 Å². The van der Waals surface area contributed by atoms with Crippen molar-refractivity contribution in [2.45, 2.75) is 24.7 Å². The van der Waals surface area contributed by atoms with Crippen LogP contribution >= 0.6 is 11.3 Å². The molecule has 1 rings (SSSR count). The first-order valence-corrected chi connectivity index (χ1v) is 9.20. The average molecular weight is 436 g/mol. The largest absolute Gasteiger partial charge is 0.394 e. The van der Waals surface area contributed by atoms with E-state index in [1.807, 2.05) is 17.5 Å². The minimum Gasteiger partial charge on any atom is -0.394 e. The minimum atomic E-state index is -4.29. The summed E-state index contributed by atoms with van der Waals surface area (Å²) in [5.74, 6) is 0. The predicted octanol–water partition coefficient (Wildman–Crippen LogP) is 1.87. The Morgan fingerprint density at radius 2 is 1.64 bits per heavy atom. The van der Waals surface area contributed by atoms with E-state index >= 15 is 0 Å². The molecule has 0 amide bonds. The van der Waals surface area contributed by atoms with Crippen LogP contribution < -0.4 is 0 Å². The molecule has 0 aliphatic heterocycles. The van der Waals surface area contributed by atoms with Crippen LogP contribution in [0.15, 0.2) is 17.5 Å². The zero-order chi connectivity index (χ0) is 20.9. The highest BCUT2D eigenvalue weighted by Crippen LogP contribution is 2.27. The fraction of sp³-hybridized carbons (Fsp3) is 0.750. The minimum absolute atomic E-state index is 0.142. The van der Waals surface area contributed by atoms with E-state index in [4.69, 9.17) is 9.84 Å². The van der Waals surface area contributed by atoms with Gasteiger partial charge in [-0.15, -0.1) is 11.3 Å². The molecule has 0 aromatic carbocycles. The summed E-state index contributed by atoms with van der Waals surface area (Å²) in [7, 11) is 0. The van der Waals surface area contributed by atoms with Crippen molar-refractivity contribution in [3.8, 4) is 0 Å². The molecule has 0 aliphatic rings. The zero-order valence-electron chi connectivity index (χ0n) is 15.0. The Kier molecular flexibility index (Phi) is 12.0. The fourth-order valence-electron chi connectivity index (χ4n) is 1.83. The van der Waals surface area contributed by atoms with Crippen molar-refractivity contribution < 1.29 is 51.5 Å². The quantitative estimate of drug-likeness (QED) is 0.219. The van der Waals surface area contributed by atoms with E-state index in [1.54, 1.807) is 11.3 Å². The van der Waals surface area contributed by atoms with Crippen LogP contribution in [0, 0.1) is 0 Å². The SMILES string of the molecule is OCCOCOCC(F)(F)OC(F)(F)COCC(O)COCCc1cccs1. The summed E-state index contributed by atoms with van der Waals surface area (Å²) in [5.41, 5.74) is 0.